The van der Waals surface area contributed by atoms with E-state index in [1.165, 1.54) is 16.7 Å². The highest BCUT2D eigenvalue weighted by Gasteiger charge is 2.17. The van der Waals surface area contributed by atoms with Gasteiger partial charge >= 0.3 is 0 Å². The third kappa shape index (κ3) is 2.58. The molecular formula is C16H14BrClO. The maximum Gasteiger partial charge on any atom is 0.0846 e. The maximum atomic E-state index is 6.62. The molecule has 0 bridgehead atoms. The van der Waals surface area contributed by atoms with Crippen LogP contribution < -0.4 is 0 Å². The molecule has 0 saturated carbocycles. The topological polar surface area (TPSA) is 9.23 Å². The zero-order valence-electron chi connectivity index (χ0n) is 10.6. The van der Waals surface area contributed by atoms with Gasteiger partial charge in [-0.25, -0.2) is 0 Å². The van der Waals surface area contributed by atoms with Crippen LogP contribution in [0.1, 0.15) is 33.2 Å². The van der Waals surface area contributed by atoms with E-state index in [2.05, 4.69) is 59.3 Å². The summed E-state index contributed by atoms with van der Waals surface area (Å²) in [5.74, 6) is 0. The molecule has 0 saturated heterocycles. The van der Waals surface area contributed by atoms with Crippen molar-refractivity contribution in [2.24, 2.45) is 0 Å². The monoisotopic (exact) mass is 336 g/mol. The lowest BCUT2D eigenvalue weighted by atomic mass is 9.99. The van der Waals surface area contributed by atoms with Gasteiger partial charge in [-0.3, -0.25) is 0 Å². The van der Waals surface area contributed by atoms with Crippen molar-refractivity contribution < 1.29 is 4.74 Å². The lowest BCUT2D eigenvalue weighted by Crippen LogP contribution is -1.96. The number of hydrogen-bond acceptors (Lipinski definition) is 1. The largest absolute Gasteiger partial charge is 0.372 e. The van der Waals surface area contributed by atoms with Gasteiger partial charge in [0.05, 0.1) is 18.6 Å². The standard InChI is InChI=1S/C16H14BrClO/c1-10-2-5-14(15(17)6-10)16(18)11-3-4-12-8-19-9-13(12)7-11/h2-7,16H,8-9H2,1H3. The van der Waals surface area contributed by atoms with Gasteiger partial charge in [-0.05, 0) is 40.8 Å². The van der Waals surface area contributed by atoms with Gasteiger partial charge in [0.25, 0.3) is 0 Å². The van der Waals surface area contributed by atoms with Crippen molar-refractivity contribution in [1.82, 2.24) is 0 Å². The van der Waals surface area contributed by atoms with Gasteiger partial charge in [0.1, 0.15) is 0 Å². The van der Waals surface area contributed by atoms with Crippen LogP contribution in [0, 0.1) is 6.92 Å². The van der Waals surface area contributed by atoms with E-state index in [-0.39, 0.29) is 5.38 Å². The van der Waals surface area contributed by atoms with E-state index in [9.17, 15) is 0 Å². The Morgan fingerprint density at radius 1 is 1.11 bits per heavy atom. The Labute approximate surface area is 126 Å². The molecular weight excluding hydrogens is 324 g/mol. The second-order valence-corrected chi connectivity index (χ2v) is 6.20. The Bertz CT molecular complexity index is 624. The van der Waals surface area contributed by atoms with Crippen LogP contribution in [-0.4, -0.2) is 0 Å². The quantitative estimate of drug-likeness (QED) is 0.691. The smallest absolute Gasteiger partial charge is 0.0846 e. The molecule has 19 heavy (non-hydrogen) atoms. The Morgan fingerprint density at radius 2 is 1.89 bits per heavy atom. The number of fused-ring (bicyclic) bond motifs is 1. The maximum absolute atomic E-state index is 6.62. The molecule has 1 aliphatic heterocycles. The predicted octanol–water partition coefficient (Wildman–Crippen LogP) is 5.12. The lowest BCUT2D eigenvalue weighted by Gasteiger charge is -2.14. The summed E-state index contributed by atoms with van der Waals surface area (Å²) in [6.07, 6.45) is 0. The zero-order chi connectivity index (χ0) is 13.4. The highest BCUT2D eigenvalue weighted by molar-refractivity contribution is 9.10. The molecule has 2 aromatic carbocycles. The Morgan fingerprint density at radius 3 is 2.68 bits per heavy atom. The minimum atomic E-state index is -0.138. The summed E-state index contributed by atoms with van der Waals surface area (Å²) in [5.41, 5.74) is 5.98. The summed E-state index contributed by atoms with van der Waals surface area (Å²) >= 11 is 10.2. The molecule has 3 rings (SSSR count). The van der Waals surface area contributed by atoms with E-state index >= 15 is 0 Å². The minimum Gasteiger partial charge on any atom is -0.372 e. The number of halogens is 2. The van der Waals surface area contributed by atoms with Crippen molar-refractivity contribution in [3.05, 3.63) is 68.7 Å². The van der Waals surface area contributed by atoms with Crippen LogP contribution in [0.3, 0.4) is 0 Å². The molecule has 0 fully saturated rings. The second-order valence-electron chi connectivity index (χ2n) is 4.91. The molecule has 0 N–H and O–H groups in total. The van der Waals surface area contributed by atoms with Crippen molar-refractivity contribution >= 4 is 27.5 Å². The summed E-state index contributed by atoms with van der Waals surface area (Å²) in [7, 11) is 0. The van der Waals surface area contributed by atoms with Crippen molar-refractivity contribution in [3.8, 4) is 0 Å². The number of benzene rings is 2. The van der Waals surface area contributed by atoms with Crippen LogP contribution >= 0.6 is 27.5 Å². The van der Waals surface area contributed by atoms with Gasteiger partial charge in [-0.15, -0.1) is 11.6 Å². The predicted molar refractivity (Wildman–Crippen MR) is 81.5 cm³/mol. The van der Waals surface area contributed by atoms with Crippen LogP contribution in [0.15, 0.2) is 40.9 Å². The van der Waals surface area contributed by atoms with E-state index in [1.807, 2.05) is 0 Å². The molecule has 1 unspecified atom stereocenters. The van der Waals surface area contributed by atoms with Gasteiger partial charge in [0.2, 0.25) is 0 Å². The third-order valence-corrected chi connectivity index (χ3v) is 4.64. The Hall–Kier alpha value is -0.830. The van der Waals surface area contributed by atoms with Crippen LogP contribution in [0.2, 0.25) is 0 Å². The average molecular weight is 338 g/mol. The molecule has 98 valence electrons. The lowest BCUT2D eigenvalue weighted by molar-refractivity contribution is 0.134. The zero-order valence-corrected chi connectivity index (χ0v) is 13.0. The first kappa shape index (κ1) is 13.2. The van der Waals surface area contributed by atoms with Gasteiger partial charge in [-0.1, -0.05) is 46.3 Å². The molecule has 3 heteroatoms. The summed E-state index contributed by atoms with van der Waals surface area (Å²) in [5, 5.41) is -0.138. The number of ether oxygens (including phenoxy) is 1. The average Bonchev–Trinajstić information content (AvgIpc) is 2.85. The second kappa shape index (κ2) is 5.28. The molecule has 1 nitrogen and oxygen atoms in total. The minimum absolute atomic E-state index is 0.138. The molecule has 2 aromatic rings. The van der Waals surface area contributed by atoms with Gasteiger partial charge in [0, 0.05) is 4.47 Å². The van der Waals surface area contributed by atoms with Crippen LogP contribution in [0.25, 0.3) is 0 Å². The van der Waals surface area contributed by atoms with E-state index in [0.29, 0.717) is 6.61 Å². The van der Waals surface area contributed by atoms with Crippen LogP contribution in [-0.2, 0) is 18.0 Å². The first-order chi connectivity index (χ1) is 9.15. The summed E-state index contributed by atoms with van der Waals surface area (Å²) < 4.78 is 6.50. The van der Waals surface area contributed by atoms with E-state index in [1.54, 1.807) is 0 Å². The molecule has 0 spiro atoms. The van der Waals surface area contributed by atoms with E-state index in [0.717, 1.165) is 22.2 Å². The van der Waals surface area contributed by atoms with Gasteiger partial charge in [0.15, 0.2) is 0 Å². The van der Waals surface area contributed by atoms with E-state index < -0.39 is 0 Å². The SMILES string of the molecule is Cc1ccc(C(Cl)c2ccc3c(c2)COC3)c(Br)c1. The normalized spacial score (nSPS) is 15.3. The number of rotatable bonds is 2. The van der Waals surface area contributed by atoms with Crippen molar-refractivity contribution in [1.29, 1.82) is 0 Å². The highest BCUT2D eigenvalue weighted by Crippen LogP contribution is 2.35. The Balaban J connectivity index is 1.97. The van der Waals surface area contributed by atoms with Crippen LogP contribution in [0.5, 0.6) is 0 Å². The summed E-state index contributed by atoms with van der Waals surface area (Å²) in [6, 6.07) is 12.6. The number of hydrogen-bond donors (Lipinski definition) is 0. The Kier molecular flexibility index (Phi) is 3.66. The highest BCUT2D eigenvalue weighted by atomic mass is 79.9. The molecule has 1 atom stereocenters. The molecule has 0 aliphatic carbocycles. The number of alkyl halides is 1. The summed E-state index contributed by atoms with van der Waals surface area (Å²) in [6.45, 7) is 3.49. The molecule has 0 amide bonds. The molecule has 0 aromatic heterocycles. The fourth-order valence-electron chi connectivity index (χ4n) is 2.37. The summed E-state index contributed by atoms with van der Waals surface area (Å²) in [4.78, 5) is 0. The number of aryl methyl sites for hydroxylation is 1. The van der Waals surface area contributed by atoms with Crippen molar-refractivity contribution in [2.45, 2.75) is 25.5 Å². The van der Waals surface area contributed by atoms with Crippen molar-refractivity contribution in [3.63, 3.8) is 0 Å². The molecule has 0 radical (unpaired) electrons. The molecule has 1 aliphatic rings. The fraction of sp³-hybridized carbons (Fsp3) is 0.250. The first-order valence-corrected chi connectivity index (χ1v) is 7.47. The van der Waals surface area contributed by atoms with Gasteiger partial charge in [-0.2, -0.15) is 0 Å². The van der Waals surface area contributed by atoms with Crippen LogP contribution in [0.4, 0.5) is 0 Å². The van der Waals surface area contributed by atoms with E-state index in [4.69, 9.17) is 16.3 Å². The molecule has 1 heterocycles. The van der Waals surface area contributed by atoms with Gasteiger partial charge < -0.3 is 4.74 Å². The fourth-order valence-corrected chi connectivity index (χ4v) is 3.55. The first-order valence-electron chi connectivity index (χ1n) is 6.25. The van der Waals surface area contributed by atoms with Crippen molar-refractivity contribution in [2.75, 3.05) is 0 Å². The third-order valence-electron chi connectivity index (χ3n) is 3.47.